The lowest BCUT2D eigenvalue weighted by Gasteiger charge is -2.10. The van der Waals surface area contributed by atoms with Gasteiger partial charge in [0.1, 0.15) is 5.01 Å². The van der Waals surface area contributed by atoms with E-state index >= 15 is 0 Å². The molecular weight excluding hydrogens is 460 g/mol. The van der Waals surface area contributed by atoms with Crippen molar-refractivity contribution in [1.29, 1.82) is 0 Å². The van der Waals surface area contributed by atoms with Gasteiger partial charge in [-0.1, -0.05) is 27.3 Å². The number of rotatable bonds is 3. The Labute approximate surface area is 177 Å². The molecule has 28 heavy (non-hydrogen) atoms. The Morgan fingerprint density at radius 1 is 1.11 bits per heavy atom. The van der Waals surface area contributed by atoms with E-state index in [4.69, 9.17) is 12.2 Å². The second-order valence-electron chi connectivity index (χ2n) is 5.84. The van der Waals surface area contributed by atoms with Gasteiger partial charge in [0.2, 0.25) is 4.96 Å². The second-order valence-corrected chi connectivity index (χ2v) is 8.12. The molecule has 0 aliphatic heterocycles. The lowest BCUT2D eigenvalue weighted by atomic mass is 10.2. The summed E-state index contributed by atoms with van der Waals surface area (Å²) in [7, 11) is 0. The monoisotopic (exact) mass is 472 g/mol. The molecule has 0 fully saturated rings. The van der Waals surface area contributed by atoms with Crippen LogP contribution in [0.25, 0.3) is 15.5 Å². The van der Waals surface area contributed by atoms with Crippen molar-refractivity contribution in [3.63, 3.8) is 0 Å². The molecule has 0 unspecified atom stereocenters. The number of nitrogens with zero attached hydrogens (tertiary/aromatic N) is 4. The van der Waals surface area contributed by atoms with Crippen LogP contribution in [0.5, 0.6) is 0 Å². The molecular formula is C18H13BrN6OS2. The van der Waals surface area contributed by atoms with E-state index in [1.54, 1.807) is 28.8 Å². The predicted molar refractivity (Wildman–Crippen MR) is 117 cm³/mol. The molecule has 0 radical (unpaired) electrons. The largest absolute Gasteiger partial charge is 0.332 e. The molecule has 0 bridgehead atoms. The van der Waals surface area contributed by atoms with Crippen LogP contribution in [0.4, 0.5) is 5.69 Å². The van der Waals surface area contributed by atoms with Gasteiger partial charge in [0.15, 0.2) is 10.9 Å². The van der Waals surface area contributed by atoms with Crippen LogP contribution in [0.1, 0.15) is 16.2 Å². The summed E-state index contributed by atoms with van der Waals surface area (Å²) in [6.07, 6.45) is 0. The van der Waals surface area contributed by atoms with Crippen LogP contribution in [0.2, 0.25) is 0 Å². The van der Waals surface area contributed by atoms with E-state index in [0.717, 1.165) is 31.5 Å². The maximum absolute atomic E-state index is 12.2. The van der Waals surface area contributed by atoms with E-state index in [1.807, 2.05) is 31.2 Å². The Balaban J connectivity index is 1.41. The molecule has 7 nitrogen and oxygen atoms in total. The van der Waals surface area contributed by atoms with Gasteiger partial charge >= 0.3 is 0 Å². The zero-order chi connectivity index (χ0) is 19.7. The third-order valence-corrected chi connectivity index (χ3v) is 5.55. The maximum Gasteiger partial charge on any atom is 0.257 e. The fourth-order valence-electron chi connectivity index (χ4n) is 2.47. The summed E-state index contributed by atoms with van der Waals surface area (Å²) in [4.78, 5) is 13.0. The van der Waals surface area contributed by atoms with Crippen molar-refractivity contribution in [3.05, 3.63) is 64.4 Å². The maximum atomic E-state index is 12.2. The number of halogens is 1. The number of anilines is 1. The van der Waals surface area contributed by atoms with Crippen LogP contribution in [-0.2, 0) is 0 Å². The zero-order valence-corrected chi connectivity index (χ0v) is 17.7. The standard InChI is InChI=1S/C18H13BrN6OS2/c1-10-22-23-18-25(10)24-16(28-18)12-4-8-14(9-5-12)20-17(27)21-15(26)11-2-6-13(19)7-3-11/h2-9H,1H3,(H2,20,21,26,27). The van der Waals surface area contributed by atoms with Crippen LogP contribution in [0.15, 0.2) is 53.0 Å². The minimum atomic E-state index is -0.267. The highest BCUT2D eigenvalue weighted by atomic mass is 79.9. The number of carbonyl (C=O) groups is 1. The van der Waals surface area contributed by atoms with E-state index in [2.05, 4.69) is 41.9 Å². The first-order valence-corrected chi connectivity index (χ1v) is 10.2. The fourth-order valence-corrected chi connectivity index (χ4v) is 3.83. The first kappa shape index (κ1) is 18.7. The first-order valence-electron chi connectivity index (χ1n) is 8.17. The second kappa shape index (κ2) is 7.74. The lowest BCUT2D eigenvalue weighted by molar-refractivity contribution is 0.0977. The summed E-state index contributed by atoms with van der Waals surface area (Å²) < 4.78 is 2.63. The van der Waals surface area contributed by atoms with Crippen molar-refractivity contribution in [1.82, 2.24) is 25.1 Å². The lowest BCUT2D eigenvalue weighted by Crippen LogP contribution is -2.34. The number of aryl methyl sites for hydroxylation is 1. The van der Waals surface area contributed by atoms with E-state index in [0.29, 0.717) is 5.56 Å². The minimum absolute atomic E-state index is 0.232. The molecule has 0 atom stereocenters. The predicted octanol–water partition coefficient (Wildman–Crippen LogP) is 4.05. The molecule has 0 aliphatic rings. The average Bonchev–Trinajstić information content (AvgIpc) is 3.25. The van der Waals surface area contributed by atoms with E-state index in [9.17, 15) is 4.79 Å². The highest BCUT2D eigenvalue weighted by Crippen LogP contribution is 2.26. The van der Waals surface area contributed by atoms with Gasteiger partial charge in [0.05, 0.1) is 0 Å². The van der Waals surface area contributed by atoms with Crippen molar-refractivity contribution in [3.8, 4) is 10.6 Å². The molecule has 0 saturated carbocycles. The van der Waals surface area contributed by atoms with Crippen LogP contribution in [-0.4, -0.2) is 30.8 Å². The molecule has 2 aromatic carbocycles. The molecule has 0 aliphatic carbocycles. The number of hydrogen-bond acceptors (Lipinski definition) is 6. The highest BCUT2D eigenvalue weighted by Gasteiger charge is 2.11. The molecule has 1 amide bonds. The third-order valence-electron chi connectivity index (χ3n) is 3.87. The summed E-state index contributed by atoms with van der Waals surface area (Å²) in [5, 5.41) is 19.3. The van der Waals surface area contributed by atoms with Crippen molar-refractivity contribution in [2.24, 2.45) is 0 Å². The van der Waals surface area contributed by atoms with E-state index < -0.39 is 0 Å². The smallest absolute Gasteiger partial charge is 0.257 e. The number of hydrogen-bond donors (Lipinski definition) is 2. The number of amides is 1. The molecule has 10 heteroatoms. The Kier molecular flexibility index (Phi) is 5.16. The number of thiocarbonyl (C=S) groups is 1. The normalized spacial score (nSPS) is 10.8. The van der Waals surface area contributed by atoms with E-state index in [-0.39, 0.29) is 11.0 Å². The molecule has 0 spiro atoms. The Morgan fingerprint density at radius 3 is 2.50 bits per heavy atom. The molecule has 2 N–H and O–H groups in total. The van der Waals surface area contributed by atoms with Gasteiger partial charge in [0, 0.05) is 21.3 Å². The summed E-state index contributed by atoms with van der Waals surface area (Å²) in [5.41, 5.74) is 2.26. The van der Waals surface area contributed by atoms with E-state index in [1.165, 1.54) is 11.3 Å². The summed E-state index contributed by atoms with van der Waals surface area (Å²) in [6, 6.07) is 14.7. The Bertz CT molecular complexity index is 1170. The fraction of sp³-hybridized carbons (Fsp3) is 0.0556. The van der Waals surface area contributed by atoms with Gasteiger partial charge in [-0.25, -0.2) is 0 Å². The number of fused-ring (bicyclic) bond motifs is 1. The molecule has 0 saturated heterocycles. The Morgan fingerprint density at radius 2 is 1.82 bits per heavy atom. The molecule has 4 rings (SSSR count). The van der Waals surface area contributed by atoms with Gasteiger partial charge in [-0.2, -0.15) is 9.61 Å². The molecule has 2 heterocycles. The highest BCUT2D eigenvalue weighted by molar-refractivity contribution is 9.10. The topological polar surface area (TPSA) is 84.2 Å². The van der Waals surface area contributed by atoms with Crippen LogP contribution < -0.4 is 10.6 Å². The van der Waals surface area contributed by atoms with Gasteiger partial charge < -0.3 is 5.32 Å². The first-order chi connectivity index (χ1) is 13.5. The van der Waals surface area contributed by atoms with Crippen LogP contribution in [0.3, 0.4) is 0 Å². The van der Waals surface area contributed by atoms with Gasteiger partial charge in [-0.05, 0) is 67.7 Å². The molecule has 2 aromatic heterocycles. The average molecular weight is 473 g/mol. The molecule has 140 valence electrons. The van der Waals surface area contributed by atoms with Crippen molar-refractivity contribution >= 4 is 61.2 Å². The van der Waals surface area contributed by atoms with Crippen molar-refractivity contribution < 1.29 is 4.79 Å². The SMILES string of the molecule is Cc1nnc2sc(-c3ccc(NC(=S)NC(=O)c4ccc(Br)cc4)cc3)nn12. The van der Waals surface area contributed by atoms with Gasteiger partial charge in [-0.3, -0.25) is 10.1 Å². The van der Waals surface area contributed by atoms with Crippen LogP contribution in [0, 0.1) is 6.92 Å². The number of nitrogens with one attached hydrogen (secondary N) is 2. The minimum Gasteiger partial charge on any atom is -0.332 e. The van der Waals surface area contributed by atoms with Crippen molar-refractivity contribution in [2.45, 2.75) is 6.92 Å². The van der Waals surface area contributed by atoms with Crippen molar-refractivity contribution in [2.75, 3.05) is 5.32 Å². The summed E-state index contributed by atoms with van der Waals surface area (Å²) in [5.74, 6) is 0.486. The van der Waals surface area contributed by atoms with Crippen LogP contribution >= 0.6 is 39.5 Å². The number of benzene rings is 2. The summed E-state index contributed by atoms with van der Waals surface area (Å²) in [6.45, 7) is 1.86. The quantitative estimate of drug-likeness (QED) is 0.437. The van der Waals surface area contributed by atoms with Gasteiger partial charge in [0.25, 0.3) is 5.91 Å². The summed E-state index contributed by atoms with van der Waals surface area (Å²) >= 11 is 10.0. The number of carbonyl (C=O) groups excluding carboxylic acids is 1. The molecule has 4 aromatic rings. The van der Waals surface area contributed by atoms with Gasteiger partial charge in [-0.15, -0.1) is 10.2 Å². The zero-order valence-electron chi connectivity index (χ0n) is 14.5. The Hall–Kier alpha value is -2.69. The third kappa shape index (κ3) is 3.93. The number of aromatic nitrogens is 4.